The predicted octanol–water partition coefficient (Wildman–Crippen LogP) is 1.26. The van der Waals surface area contributed by atoms with Crippen LogP contribution in [0.4, 0.5) is 0 Å². The van der Waals surface area contributed by atoms with E-state index in [2.05, 4.69) is 23.4 Å². The van der Waals surface area contributed by atoms with Crippen molar-refractivity contribution in [3.8, 4) is 5.40 Å². The molecule has 1 aliphatic rings. The molecule has 1 unspecified atom stereocenters. The molecule has 0 saturated heterocycles. The van der Waals surface area contributed by atoms with Gasteiger partial charge in [-0.15, -0.1) is 0 Å². The van der Waals surface area contributed by atoms with Gasteiger partial charge in [0.1, 0.15) is 6.20 Å². The molecule has 0 fully saturated rings. The SMILES string of the molecule is CC[N+]1(SC#N)C=CN(C)C1.O=C(O)CCC(=O)O. The molecule has 0 aromatic heterocycles. The highest BCUT2D eigenvalue weighted by molar-refractivity contribution is 7.98. The molecule has 0 aliphatic carbocycles. The van der Waals surface area contributed by atoms with E-state index in [1.807, 2.05) is 13.2 Å². The van der Waals surface area contributed by atoms with Gasteiger partial charge in [0.05, 0.1) is 25.6 Å². The summed E-state index contributed by atoms with van der Waals surface area (Å²) in [5, 5.41) is 26.5. The third kappa shape index (κ3) is 7.33. The Labute approximate surface area is 116 Å². The topological polar surface area (TPSA) is 102 Å². The second-order valence-corrected chi connectivity index (χ2v) is 5.03. The Balaban J connectivity index is 0.000000362. The summed E-state index contributed by atoms with van der Waals surface area (Å²) in [5.41, 5.74) is 0. The monoisotopic (exact) mass is 288 g/mol. The van der Waals surface area contributed by atoms with Crippen molar-refractivity contribution in [2.75, 3.05) is 20.3 Å². The highest BCUT2D eigenvalue weighted by atomic mass is 32.2. The number of carboxylic acid groups (broad SMARTS) is 2. The zero-order chi connectivity index (χ0) is 14.9. The Morgan fingerprint density at radius 2 is 1.95 bits per heavy atom. The van der Waals surface area contributed by atoms with Crippen LogP contribution in [-0.2, 0) is 9.59 Å². The van der Waals surface area contributed by atoms with Crippen LogP contribution in [0.25, 0.3) is 0 Å². The smallest absolute Gasteiger partial charge is 0.303 e. The van der Waals surface area contributed by atoms with Crippen LogP contribution < -0.4 is 0 Å². The van der Waals surface area contributed by atoms with E-state index in [0.29, 0.717) is 3.89 Å². The fourth-order valence-corrected chi connectivity index (χ4v) is 1.98. The van der Waals surface area contributed by atoms with Crippen molar-refractivity contribution in [2.45, 2.75) is 19.8 Å². The van der Waals surface area contributed by atoms with Crippen LogP contribution in [0.3, 0.4) is 0 Å². The van der Waals surface area contributed by atoms with E-state index < -0.39 is 11.9 Å². The third-order valence-electron chi connectivity index (χ3n) is 2.37. The molecule has 0 amide bonds. The predicted molar refractivity (Wildman–Crippen MR) is 70.3 cm³/mol. The van der Waals surface area contributed by atoms with Gasteiger partial charge in [0.2, 0.25) is 11.9 Å². The van der Waals surface area contributed by atoms with Crippen LogP contribution >= 0.6 is 11.9 Å². The van der Waals surface area contributed by atoms with E-state index in [-0.39, 0.29) is 12.8 Å². The Kier molecular flexibility index (Phi) is 7.63. The molecule has 0 aromatic carbocycles. The van der Waals surface area contributed by atoms with Crippen LogP contribution in [0.5, 0.6) is 0 Å². The molecule has 8 heteroatoms. The second-order valence-electron chi connectivity index (χ2n) is 3.94. The number of rotatable bonds is 5. The normalized spacial score (nSPS) is 20.4. The first-order valence-electron chi connectivity index (χ1n) is 5.63. The number of carbonyl (C=O) groups is 2. The molecule has 0 radical (unpaired) electrons. The molecule has 0 aromatic rings. The summed E-state index contributed by atoms with van der Waals surface area (Å²) >= 11 is 1.30. The van der Waals surface area contributed by atoms with Crippen molar-refractivity contribution in [3.63, 3.8) is 0 Å². The van der Waals surface area contributed by atoms with Crippen LogP contribution in [0.15, 0.2) is 12.4 Å². The van der Waals surface area contributed by atoms with E-state index in [1.54, 1.807) is 0 Å². The Bertz CT molecular complexity index is 380. The lowest BCUT2D eigenvalue weighted by Gasteiger charge is -2.24. The Morgan fingerprint density at radius 3 is 2.21 bits per heavy atom. The number of hydrogen-bond acceptors (Lipinski definition) is 5. The molecule has 1 atom stereocenters. The highest BCUT2D eigenvalue weighted by Crippen LogP contribution is 2.27. The maximum Gasteiger partial charge on any atom is 0.303 e. The summed E-state index contributed by atoms with van der Waals surface area (Å²) in [6, 6.07) is 0. The first-order chi connectivity index (χ1) is 8.85. The lowest BCUT2D eigenvalue weighted by molar-refractivity contribution is -0.739. The molecule has 0 bridgehead atoms. The van der Waals surface area contributed by atoms with Crippen molar-refractivity contribution in [2.24, 2.45) is 0 Å². The van der Waals surface area contributed by atoms with E-state index in [4.69, 9.17) is 15.5 Å². The summed E-state index contributed by atoms with van der Waals surface area (Å²) in [6.45, 7) is 3.95. The van der Waals surface area contributed by atoms with Crippen molar-refractivity contribution in [3.05, 3.63) is 12.4 Å². The average Bonchev–Trinajstić information content (AvgIpc) is 2.70. The average molecular weight is 288 g/mol. The summed E-state index contributed by atoms with van der Waals surface area (Å²) in [7, 11) is 2.02. The number of nitrogens with zero attached hydrogens (tertiary/aromatic N) is 3. The number of carboxylic acids is 2. The summed E-state index contributed by atoms with van der Waals surface area (Å²) < 4.78 is 0.701. The molecule has 2 N–H and O–H groups in total. The van der Waals surface area contributed by atoms with Gasteiger partial charge in [0.25, 0.3) is 0 Å². The van der Waals surface area contributed by atoms with Gasteiger partial charge in [0.15, 0.2) is 12.1 Å². The molecular formula is C11H18N3O4S+. The van der Waals surface area contributed by atoms with E-state index in [9.17, 15) is 9.59 Å². The van der Waals surface area contributed by atoms with Gasteiger partial charge >= 0.3 is 11.9 Å². The number of hydrogen-bond donors (Lipinski definition) is 2. The van der Waals surface area contributed by atoms with Gasteiger partial charge in [-0.05, 0) is 6.92 Å². The Hall–Kier alpha value is -1.72. The first kappa shape index (κ1) is 17.3. The summed E-state index contributed by atoms with van der Waals surface area (Å²) in [4.78, 5) is 21.4. The number of thiocyanates is 1. The van der Waals surface area contributed by atoms with Crippen LogP contribution in [0.1, 0.15) is 19.8 Å². The Morgan fingerprint density at radius 1 is 1.42 bits per heavy atom. The molecule has 0 spiro atoms. The fourth-order valence-electron chi connectivity index (χ4n) is 1.33. The zero-order valence-electron chi connectivity index (χ0n) is 10.9. The lowest BCUT2D eigenvalue weighted by Crippen LogP contribution is -2.36. The van der Waals surface area contributed by atoms with Crippen molar-refractivity contribution >= 4 is 23.9 Å². The first-order valence-corrected chi connectivity index (χ1v) is 6.40. The quantitative estimate of drug-likeness (QED) is 0.446. The van der Waals surface area contributed by atoms with E-state index in [1.165, 1.54) is 11.9 Å². The van der Waals surface area contributed by atoms with E-state index >= 15 is 0 Å². The number of quaternary nitrogens is 1. The third-order valence-corrected chi connectivity index (χ3v) is 3.31. The molecular weight excluding hydrogens is 270 g/mol. The van der Waals surface area contributed by atoms with Gasteiger partial charge in [-0.1, -0.05) is 0 Å². The van der Waals surface area contributed by atoms with E-state index in [0.717, 1.165) is 13.2 Å². The van der Waals surface area contributed by atoms with Gasteiger partial charge in [-0.3, -0.25) is 9.59 Å². The molecule has 0 saturated carbocycles. The van der Waals surface area contributed by atoms with Crippen LogP contribution in [0.2, 0.25) is 0 Å². The molecule has 1 rings (SSSR count). The fraction of sp³-hybridized carbons (Fsp3) is 0.545. The van der Waals surface area contributed by atoms with Gasteiger partial charge in [-0.25, -0.2) is 3.89 Å². The van der Waals surface area contributed by atoms with Crippen molar-refractivity contribution < 1.29 is 23.7 Å². The standard InChI is InChI=1S/C7H12N3S.C4H6O4/c1-3-10(11-6-8)5-4-9(2)7-10;5-3(6)1-2-4(7)8/h4-5H,3,7H2,1-2H3;1-2H2,(H,5,6)(H,7,8)/q+1;. The van der Waals surface area contributed by atoms with Crippen LogP contribution in [-0.4, -0.2) is 51.2 Å². The van der Waals surface area contributed by atoms with Crippen molar-refractivity contribution in [1.82, 2.24) is 4.90 Å². The van der Waals surface area contributed by atoms with Crippen molar-refractivity contribution in [1.29, 1.82) is 5.26 Å². The summed E-state index contributed by atoms with van der Waals surface area (Å²) in [5.74, 6) is -2.15. The highest BCUT2D eigenvalue weighted by Gasteiger charge is 2.30. The molecule has 19 heavy (non-hydrogen) atoms. The minimum absolute atomic E-state index is 0.296. The molecule has 7 nitrogen and oxygen atoms in total. The van der Waals surface area contributed by atoms with Gasteiger partial charge in [-0.2, -0.15) is 5.26 Å². The maximum atomic E-state index is 9.64. The minimum atomic E-state index is -1.08. The summed E-state index contributed by atoms with van der Waals surface area (Å²) in [6.07, 6.45) is 3.49. The zero-order valence-corrected chi connectivity index (χ0v) is 11.8. The molecule has 106 valence electrons. The number of nitriles is 1. The second kappa shape index (κ2) is 8.39. The maximum absolute atomic E-state index is 9.64. The largest absolute Gasteiger partial charge is 0.481 e. The van der Waals surface area contributed by atoms with Crippen LogP contribution in [0, 0.1) is 10.7 Å². The number of aliphatic carboxylic acids is 2. The van der Waals surface area contributed by atoms with Gasteiger partial charge in [0, 0.05) is 7.05 Å². The minimum Gasteiger partial charge on any atom is -0.481 e. The lowest BCUT2D eigenvalue weighted by atomic mass is 10.3. The molecule has 1 aliphatic heterocycles. The van der Waals surface area contributed by atoms with Gasteiger partial charge < -0.3 is 15.1 Å². The molecule has 1 heterocycles.